The molecule has 0 aliphatic carbocycles. The third kappa shape index (κ3) is 16.4. The zero-order valence-electron chi connectivity index (χ0n) is 38.6. The predicted molar refractivity (Wildman–Crippen MR) is 259 cm³/mol. The number of carbonyl (C=O) groups excluding carboxylic acids is 6. The summed E-state index contributed by atoms with van der Waals surface area (Å²) in [6.45, 7) is -2.50. The van der Waals surface area contributed by atoms with Gasteiger partial charge in [-0.25, -0.2) is 30.7 Å². The number of amides is 6. The maximum atomic E-state index is 14.6. The molecule has 0 aliphatic rings. The number of nitrogens with one attached hydrogen (secondary N) is 6. The van der Waals surface area contributed by atoms with Gasteiger partial charge in [-0.2, -0.15) is 5.26 Å². The zero-order chi connectivity index (χ0) is 57.1. The Balaban J connectivity index is 2.17. The summed E-state index contributed by atoms with van der Waals surface area (Å²) in [4.78, 5) is 134. The number of guanidine groups is 4. The Kier molecular flexibility index (Phi) is 20.8. The highest BCUT2D eigenvalue weighted by atomic mass is 17.2. The van der Waals surface area contributed by atoms with Gasteiger partial charge in [-0.1, -0.05) is 30.3 Å². The van der Waals surface area contributed by atoms with Crippen LogP contribution in [-0.2, 0) is 40.3 Å². The van der Waals surface area contributed by atoms with Crippen LogP contribution in [-0.4, -0.2) is 122 Å². The molecule has 6 unspecified atom stereocenters. The summed E-state index contributed by atoms with van der Waals surface area (Å²) in [5, 5.41) is 76.9. The molecule has 404 valence electrons. The van der Waals surface area contributed by atoms with E-state index in [1.54, 1.807) is 0 Å². The van der Waals surface area contributed by atoms with Gasteiger partial charge in [0.2, 0.25) is 36.5 Å². The third-order valence-electron chi connectivity index (χ3n) is 9.44. The minimum absolute atomic E-state index is 0.138. The second-order valence-corrected chi connectivity index (χ2v) is 14.7. The lowest BCUT2D eigenvalue weighted by atomic mass is 10.0. The number of nitro benzene ring substituents is 3. The number of rotatable bonds is 26. The Morgan fingerprint density at radius 3 is 1.45 bits per heavy atom. The number of hydrogen-bond donors (Lipinski definition) is 17. The fourth-order valence-corrected chi connectivity index (χ4v) is 6.35. The molecule has 0 radical (unpaired) electrons. The molecule has 76 heavy (non-hydrogen) atoms. The second-order valence-electron chi connectivity index (χ2n) is 14.7. The van der Waals surface area contributed by atoms with Crippen LogP contribution >= 0.6 is 0 Å². The largest absolute Gasteiger partial charge is 0.394 e. The molecular weight excluding hydrogens is 1020 g/mol. The Morgan fingerprint density at radius 1 is 0.618 bits per heavy atom. The molecule has 39 heteroatoms. The van der Waals surface area contributed by atoms with E-state index in [0.29, 0.717) is 17.0 Å². The highest BCUT2D eigenvalue weighted by Crippen LogP contribution is 2.41. The summed E-state index contributed by atoms with van der Waals surface area (Å²) in [6.07, 6.45) is -8.76. The van der Waals surface area contributed by atoms with Gasteiger partial charge in [0.15, 0.2) is 29.5 Å². The number of nitrogens with two attached hydrogens (primary N) is 9. The molecule has 3 aromatic rings. The van der Waals surface area contributed by atoms with E-state index < -0.39 is 158 Å². The summed E-state index contributed by atoms with van der Waals surface area (Å²) in [6, 6.07) is 7.80. The lowest BCUT2D eigenvalue weighted by molar-refractivity contribution is -0.392. The van der Waals surface area contributed by atoms with E-state index in [4.69, 9.17) is 56.9 Å². The van der Waals surface area contributed by atoms with Crippen molar-refractivity contribution in [1.82, 2.24) is 26.6 Å². The number of nitrogens with zero attached hydrogens (tertiary/aromatic N) is 9. The van der Waals surface area contributed by atoms with Crippen LogP contribution in [0.2, 0.25) is 0 Å². The number of benzene rings is 3. The van der Waals surface area contributed by atoms with E-state index in [9.17, 15) is 69.5 Å². The van der Waals surface area contributed by atoms with Crippen LogP contribution < -0.4 is 88.6 Å². The van der Waals surface area contributed by atoms with Gasteiger partial charge >= 0.3 is 11.4 Å². The first-order valence-corrected chi connectivity index (χ1v) is 20.5. The van der Waals surface area contributed by atoms with Crippen LogP contribution in [0.25, 0.3) is 0 Å². The van der Waals surface area contributed by atoms with Crippen LogP contribution in [0.3, 0.4) is 0 Å². The van der Waals surface area contributed by atoms with Crippen molar-refractivity contribution in [2.24, 2.45) is 71.6 Å². The van der Waals surface area contributed by atoms with Crippen molar-refractivity contribution >= 4 is 87.7 Å². The summed E-state index contributed by atoms with van der Waals surface area (Å²) < 4.78 is 0. The van der Waals surface area contributed by atoms with Crippen LogP contribution in [0.4, 0.5) is 28.4 Å². The first kappa shape index (κ1) is 59.0. The van der Waals surface area contributed by atoms with Gasteiger partial charge in [0.05, 0.1) is 45.2 Å². The zero-order valence-corrected chi connectivity index (χ0v) is 38.6. The molecule has 0 heterocycles. The number of anilines is 2. The summed E-state index contributed by atoms with van der Waals surface area (Å²) in [7, 11) is 0. The molecule has 0 aliphatic heterocycles. The van der Waals surface area contributed by atoms with Gasteiger partial charge in [0.1, 0.15) is 12.1 Å². The van der Waals surface area contributed by atoms with Gasteiger partial charge in [-0.3, -0.25) is 59.1 Å². The van der Waals surface area contributed by atoms with E-state index in [0.717, 1.165) is 18.2 Å². The average molecular weight is 1070 g/mol. The molecule has 0 aromatic heterocycles. The molecule has 6 atom stereocenters. The van der Waals surface area contributed by atoms with Gasteiger partial charge in [0.25, 0.3) is 29.3 Å². The van der Waals surface area contributed by atoms with E-state index in [1.807, 2.05) is 21.4 Å². The topological polar surface area (TPSA) is 664 Å². The Hall–Kier alpha value is -11.3. The van der Waals surface area contributed by atoms with Gasteiger partial charge in [0, 0.05) is 23.8 Å². The van der Waals surface area contributed by atoms with Crippen molar-refractivity contribution in [2.45, 2.75) is 43.3 Å². The number of aliphatic imine (C=N–C) groups is 4. The van der Waals surface area contributed by atoms with E-state index in [-0.39, 0.29) is 11.3 Å². The lowest BCUT2D eigenvalue weighted by Crippen LogP contribution is -2.58. The standard InChI is InChI=1S/C37H46N24O15/c38-11-14-8-19(60(71)72)23(20(9-14)61(73)74)58(12-16-6-7-17(57-76-75)10-18(16)59(69)70)21(13-62)29(64)48-22(15-4-2-1-3-5-15)30(65)50-26(54-35(42)43)32(67)52-28(56-37(46)47)33(68)51-27(55-36(44)45)31(66)49-25(24(39)63)53-34(40)41/h1-10,21-22,25-28,57,62,75H,12-13H2,(H2,39,63)(H,48,64)(H,49,66)(H,50,65)(H,51,68)(H,52,67)(H4,40,41,53)(H4,42,43,54)(H4,44,45,55)(H4,46,47,56). The Bertz CT molecular complexity index is 2860. The first-order chi connectivity index (χ1) is 35.7. The average Bonchev–Trinajstić information content (AvgIpc) is 3.34. The number of aliphatic hydroxyl groups excluding tert-OH is 1. The molecule has 6 amide bonds. The molecule has 39 nitrogen and oxygen atoms in total. The second kappa shape index (κ2) is 26.8. The molecule has 0 saturated heterocycles. The summed E-state index contributed by atoms with van der Waals surface area (Å²) in [5.41, 5.74) is 44.7. The highest BCUT2D eigenvalue weighted by molar-refractivity contribution is 5.99. The number of hydrogen-bond acceptors (Lipinski definition) is 22. The number of nitro groups is 3. The van der Waals surface area contributed by atoms with Crippen LogP contribution in [0.15, 0.2) is 80.6 Å². The van der Waals surface area contributed by atoms with Crippen molar-refractivity contribution < 1.29 is 58.9 Å². The Morgan fingerprint density at radius 2 is 1.05 bits per heavy atom. The van der Waals surface area contributed by atoms with E-state index in [1.165, 1.54) is 36.4 Å². The first-order valence-electron chi connectivity index (χ1n) is 20.5. The maximum absolute atomic E-state index is 14.6. The van der Waals surface area contributed by atoms with Gasteiger partial charge < -0.3 is 88.2 Å². The van der Waals surface area contributed by atoms with Crippen LogP contribution in [0.5, 0.6) is 0 Å². The number of primary amides is 1. The number of carbonyl (C=O) groups is 6. The Labute approximate surface area is 423 Å². The van der Waals surface area contributed by atoms with Crippen LogP contribution in [0.1, 0.15) is 22.7 Å². The summed E-state index contributed by atoms with van der Waals surface area (Å²) in [5.74, 6) is -12.0. The quantitative estimate of drug-likeness (QED) is 0.0117. The molecule has 3 aromatic carbocycles. The van der Waals surface area contributed by atoms with E-state index in [2.05, 4.69) is 35.6 Å². The molecule has 0 saturated carbocycles. The minimum Gasteiger partial charge on any atom is -0.394 e. The number of nitriles is 1. The van der Waals surface area contributed by atoms with Gasteiger partial charge in [-0.05, 0) is 17.7 Å². The normalized spacial score (nSPS) is 12.8. The van der Waals surface area contributed by atoms with Crippen molar-refractivity contribution in [3.05, 3.63) is 108 Å². The minimum atomic E-state index is -2.33. The molecule has 26 N–H and O–H groups in total. The van der Waals surface area contributed by atoms with Crippen molar-refractivity contribution in [3.63, 3.8) is 0 Å². The fraction of sp³-hybridized carbons (Fsp3) is 0.216. The van der Waals surface area contributed by atoms with Crippen LogP contribution in [0, 0.1) is 41.7 Å². The molecule has 0 spiro atoms. The monoisotopic (exact) mass is 1070 g/mol. The van der Waals surface area contributed by atoms with E-state index >= 15 is 0 Å². The molecule has 3 rings (SSSR count). The van der Waals surface area contributed by atoms with Crippen molar-refractivity contribution in [1.29, 1.82) is 5.26 Å². The molecular formula is C37H46N24O15. The molecule has 0 fully saturated rings. The molecule has 0 bridgehead atoms. The predicted octanol–water partition coefficient (Wildman–Crippen LogP) is -7.33. The lowest BCUT2D eigenvalue weighted by Gasteiger charge is -2.32. The maximum Gasteiger partial charge on any atom is 0.301 e. The number of aliphatic hydroxyl groups is 1. The highest BCUT2D eigenvalue weighted by Gasteiger charge is 2.40. The third-order valence-corrected chi connectivity index (χ3v) is 9.44. The van der Waals surface area contributed by atoms with Gasteiger partial charge in [-0.15, -0.1) is 4.99 Å². The SMILES string of the molecule is N#Cc1cc([N+](=O)[O-])c(N(Cc2ccc(NOO)cc2[N+](=O)[O-])C(CO)C(=O)NC(C(=O)NC(N=C(N)N)C(=O)NC(N=C(N)N)C(=O)NC(N=C(N)N)C(=O)NC(N=C(N)N)C(N)=O)c2ccccc2)c([N+](=O)[O-])c1. The van der Waals surface area contributed by atoms with Crippen molar-refractivity contribution in [3.8, 4) is 6.07 Å². The van der Waals surface area contributed by atoms with Crippen molar-refractivity contribution in [2.75, 3.05) is 17.0 Å². The smallest absolute Gasteiger partial charge is 0.301 e. The summed E-state index contributed by atoms with van der Waals surface area (Å²) >= 11 is 0. The fourth-order valence-electron chi connectivity index (χ4n) is 6.35.